The zero-order valence-electron chi connectivity index (χ0n) is 20.7. The molecule has 1 saturated carbocycles. The van der Waals surface area contributed by atoms with Gasteiger partial charge in [-0.1, -0.05) is 6.07 Å². The molecule has 3 aromatic heterocycles. The summed E-state index contributed by atoms with van der Waals surface area (Å²) < 4.78 is 46.1. The summed E-state index contributed by atoms with van der Waals surface area (Å²) in [5.41, 5.74) is 3.46. The molecule has 0 radical (unpaired) electrons. The van der Waals surface area contributed by atoms with Crippen molar-refractivity contribution < 1.29 is 17.8 Å². The van der Waals surface area contributed by atoms with Crippen molar-refractivity contribution in [2.45, 2.75) is 31.1 Å². The Morgan fingerprint density at radius 1 is 1.24 bits per heavy atom. The second-order valence-electron chi connectivity index (χ2n) is 9.09. The molecule has 3 N–H and O–H groups in total. The number of anilines is 3. The number of halogens is 2. The molecule has 194 valence electrons. The average molecular weight is 529 g/mol. The molecule has 1 atom stereocenters. The first-order valence-corrected chi connectivity index (χ1v) is 13.5. The summed E-state index contributed by atoms with van der Waals surface area (Å²) in [5, 5.41) is 10.4. The van der Waals surface area contributed by atoms with E-state index in [2.05, 4.69) is 35.0 Å². The number of hydrogen-bond acceptors (Lipinski definition) is 7. The fourth-order valence-corrected chi connectivity index (χ4v) is 5.14. The molecular weight excluding hydrogens is 502 g/mol. The lowest BCUT2D eigenvalue weighted by atomic mass is 10.1. The van der Waals surface area contributed by atoms with E-state index in [-0.39, 0.29) is 28.8 Å². The first-order valence-electron chi connectivity index (χ1n) is 11.6. The second kappa shape index (κ2) is 9.21. The highest BCUT2D eigenvalue weighted by Crippen LogP contribution is 2.36. The van der Waals surface area contributed by atoms with Gasteiger partial charge < -0.3 is 15.6 Å². The van der Waals surface area contributed by atoms with Crippen LogP contribution in [0.4, 0.5) is 26.0 Å². The topological polar surface area (TPSA) is 130 Å². The Bertz CT molecular complexity index is 1650. The van der Waals surface area contributed by atoms with Gasteiger partial charge in [-0.2, -0.15) is 5.10 Å². The van der Waals surface area contributed by atoms with Crippen molar-refractivity contribution in [1.29, 1.82) is 0 Å². The molecule has 1 aliphatic carbocycles. The van der Waals surface area contributed by atoms with Crippen LogP contribution in [-0.2, 0) is 21.6 Å². The highest BCUT2D eigenvalue weighted by Gasteiger charge is 2.30. The van der Waals surface area contributed by atoms with Gasteiger partial charge in [-0.05, 0) is 37.5 Å². The van der Waals surface area contributed by atoms with Crippen LogP contribution in [-0.4, -0.2) is 48.2 Å². The summed E-state index contributed by atoms with van der Waals surface area (Å²) in [7, 11) is 0.464. The third kappa shape index (κ3) is 4.90. The van der Waals surface area contributed by atoms with Crippen LogP contribution in [0.2, 0.25) is 0 Å². The second-order valence-corrected chi connectivity index (χ2v) is 11.5. The fraction of sp³-hybridized carbons (Fsp3) is 0.333. The van der Waals surface area contributed by atoms with Crippen LogP contribution in [0.1, 0.15) is 30.7 Å². The number of fused-ring (bicyclic) bond motifs is 1. The van der Waals surface area contributed by atoms with E-state index in [9.17, 15) is 17.8 Å². The van der Waals surface area contributed by atoms with E-state index >= 15 is 0 Å². The number of rotatable bonds is 7. The molecule has 4 aromatic rings. The zero-order chi connectivity index (χ0) is 26.5. The maximum absolute atomic E-state index is 13.5. The van der Waals surface area contributed by atoms with E-state index in [0.717, 1.165) is 29.7 Å². The minimum absolute atomic E-state index is 0.0718. The minimum atomic E-state index is -2.84. The van der Waals surface area contributed by atoms with Crippen molar-refractivity contribution >= 4 is 44.0 Å². The summed E-state index contributed by atoms with van der Waals surface area (Å²) in [5.74, 6) is -0.600. The summed E-state index contributed by atoms with van der Waals surface area (Å²) in [4.78, 5) is 23.6. The number of carbonyl (C=O) groups excluding carboxylic acids is 1. The third-order valence-corrected chi connectivity index (χ3v) is 8.02. The monoisotopic (exact) mass is 528 g/mol. The van der Waals surface area contributed by atoms with Gasteiger partial charge in [-0.25, -0.2) is 27.3 Å². The van der Waals surface area contributed by atoms with Gasteiger partial charge in [-0.15, -0.1) is 0 Å². The number of H-pyrrole nitrogens is 1. The van der Waals surface area contributed by atoms with Gasteiger partial charge in [0.25, 0.3) is 6.43 Å². The number of pyridine rings is 1. The Balaban J connectivity index is 1.62. The average Bonchev–Trinajstić information content (AvgIpc) is 3.52. The fourth-order valence-electron chi connectivity index (χ4n) is 4.07. The smallest absolute Gasteiger partial charge is 0.295 e. The van der Waals surface area contributed by atoms with E-state index in [1.165, 1.54) is 19.4 Å². The minimum Gasteiger partial charge on any atom is -0.353 e. The van der Waals surface area contributed by atoms with Crippen LogP contribution in [0.5, 0.6) is 0 Å². The van der Waals surface area contributed by atoms with Gasteiger partial charge in [0.05, 0.1) is 31.7 Å². The summed E-state index contributed by atoms with van der Waals surface area (Å²) in [6.07, 6.45) is 2.18. The number of nitrogens with one attached hydrogen (secondary N) is 3. The summed E-state index contributed by atoms with van der Waals surface area (Å²) in [6, 6.07) is 6.86. The normalized spacial score (nSPS) is 15.1. The van der Waals surface area contributed by atoms with Crippen LogP contribution >= 0.6 is 0 Å². The van der Waals surface area contributed by atoms with Crippen molar-refractivity contribution in [3.05, 3.63) is 41.9 Å². The molecule has 1 fully saturated rings. The largest absolute Gasteiger partial charge is 0.353 e. The van der Waals surface area contributed by atoms with Crippen molar-refractivity contribution in [2.24, 2.45) is 17.3 Å². The van der Waals surface area contributed by atoms with Crippen molar-refractivity contribution in [3.63, 3.8) is 0 Å². The van der Waals surface area contributed by atoms with Gasteiger partial charge in [0.15, 0.2) is 11.5 Å². The first kappa shape index (κ1) is 24.8. The zero-order valence-corrected chi connectivity index (χ0v) is 21.5. The molecule has 1 unspecified atom stereocenters. The van der Waals surface area contributed by atoms with E-state index in [0.29, 0.717) is 16.3 Å². The molecule has 3 heterocycles. The van der Waals surface area contributed by atoms with E-state index < -0.39 is 22.0 Å². The maximum atomic E-state index is 13.5. The number of imidazole rings is 1. The summed E-state index contributed by atoms with van der Waals surface area (Å²) >= 11 is 0. The van der Waals surface area contributed by atoms with Gasteiger partial charge in [0.1, 0.15) is 11.3 Å². The van der Waals surface area contributed by atoms with Crippen LogP contribution in [0.25, 0.3) is 22.4 Å². The number of aromatic amines is 1. The number of hydrogen-bond donors (Lipinski definition) is 3. The lowest BCUT2D eigenvalue weighted by molar-refractivity contribution is -0.117. The molecule has 1 aromatic carbocycles. The quantitative estimate of drug-likeness (QED) is 0.316. The Labute approximate surface area is 212 Å². The molecule has 13 heteroatoms. The highest BCUT2D eigenvalue weighted by atomic mass is 32.2. The van der Waals surface area contributed by atoms with E-state index in [1.54, 1.807) is 16.8 Å². The SMILES string of the molecule is CN=S(C)(=O)c1cc(-c2nn(C)cc2C)ccc1Nc1cc(NC(=O)C2CC2)nc2[nH]c(C(F)F)nc12. The van der Waals surface area contributed by atoms with Crippen molar-refractivity contribution in [3.8, 4) is 11.3 Å². The number of aromatic nitrogens is 5. The van der Waals surface area contributed by atoms with E-state index in [1.807, 2.05) is 26.2 Å². The van der Waals surface area contributed by atoms with Crippen LogP contribution in [0.3, 0.4) is 0 Å². The maximum Gasteiger partial charge on any atom is 0.295 e. The number of amides is 1. The predicted molar refractivity (Wildman–Crippen MR) is 138 cm³/mol. The molecule has 0 saturated heterocycles. The van der Waals surface area contributed by atoms with Crippen LogP contribution in [0, 0.1) is 12.8 Å². The molecule has 0 bridgehead atoms. The first-order chi connectivity index (χ1) is 17.6. The van der Waals surface area contributed by atoms with Gasteiger partial charge >= 0.3 is 0 Å². The predicted octanol–water partition coefficient (Wildman–Crippen LogP) is 4.78. The molecule has 10 nitrogen and oxygen atoms in total. The van der Waals surface area contributed by atoms with Gasteiger partial charge in [0.2, 0.25) is 5.91 Å². The number of nitrogens with zero attached hydrogens (tertiary/aromatic N) is 5. The van der Waals surface area contributed by atoms with Gasteiger partial charge in [0, 0.05) is 44.1 Å². The van der Waals surface area contributed by atoms with Crippen molar-refractivity contribution in [1.82, 2.24) is 24.7 Å². The molecule has 0 spiro atoms. The third-order valence-electron chi connectivity index (χ3n) is 6.17. The molecule has 0 aliphatic heterocycles. The number of alkyl halides is 2. The lowest BCUT2D eigenvalue weighted by Crippen LogP contribution is -2.14. The lowest BCUT2D eigenvalue weighted by Gasteiger charge is -2.16. The van der Waals surface area contributed by atoms with E-state index in [4.69, 9.17) is 0 Å². The van der Waals surface area contributed by atoms with Gasteiger partial charge in [-0.3, -0.25) is 9.48 Å². The molecule has 1 aliphatic rings. The Hall–Kier alpha value is -3.87. The molecule has 5 rings (SSSR count). The highest BCUT2D eigenvalue weighted by molar-refractivity contribution is 7.93. The van der Waals surface area contributed by atoms with Crippen LogP contribution in [0.15, 0.2) is 39.7 Å². The Kier molecular flexibility index (Phi) is 6.18. The van der Waals surface area contributed by atoms with Crippen LogP contribution < -0.4 is 10.6 Å². The Morgan fingerprint density at radius 2 is 2.00 bits per heavy atom. The Morgan fingerprint density at radius 3 is 2.62 bits per heavy atom. The molecular formula is C24H26F2N8O2S. The molecule has 1 amide bonds. The number of benzene rings is 1. The molecule has 37 heavy (non-hydrogen) atoms. The standard InChI is InChI=1S/C24H26F2N8O2S/c1-12-11-34(3)33-19(12)14-7-8-15(17(9-14)37(4,36)27-2)28-16-10-18(30-24(35)13-5-6-13)29-22-20(16)31-23(32-22)21(25)26/h7-11,13,21H,5-6H2,1-4H3,(H3,28,29,30,31,32,35). The van der Waals surface area contributed by atoms with Crippen molar-refractivity contribution in [2.75, 3.05) is 23.9 Å². The number of aryl methyl sites for hydroxylation is 2. The number of carbonyl (C=O) groups is 1. The summed E-state index contributed by atoms with van der Waals surface area (Å²) in [6.45, 7) is 1.94.